The van der Waals surface area contributed by atoms with Crippen molar-refractivity contribution in [2.75, 3.05) is 38.5 Å². The second-order valence-electron chi connectivity index (χ2n) is 1.91. The number of hydrogen-bond acceptors (Lipinski definition) is 0. The van der Waals surface area contributed by atoms with Gasteiger partial charge in [0.25, 0.3) is 0 Å². The molecule has 0 saturated carbocycles. The van der Waals surface area contributed by atoms with Crippen LogP contribution in [0.15, 0.2) is 0 Å². The summed E-state index contributed by atoms with van der Waals surface area (Å²) in [5.74, 6) is 0. The summed E-state index contributed by atoms with van der Waals surface area (Å²) in [6.07, 6.45) is 1.09. The highest BCUT2D eigenvalue weighted by Gasteiger charge is 2.05. The van der Waals surface area contributed by atoms with Crippen molar-refractivity contribution < 1.29 is 13.2 Å². The van der Waals surface area contributed by atoms with E-state index in [9.17, 15) is 13.2 Å². The Balaban J connectivity index is 3.30. The largest absolute Gasteiger partial charge is 0.251 e. The van der Waals surface area contributed by atoms with Crippen LogP contribution in [-0.2, 0) is 0 Å². The van der Waals surface area contributed by atoms with Crippen molar-refractivity contribution in [3.05, 3.63) is 0 Å². The Kier molecular flexibility index (Phi) is 7.49. The average molecular weight is 172 g/mol. The van der Waals surface area contributed by atoms with E-state index in [0.717, 1.165) is 0 Å². The maximum absolute atomic E-state index is 11.7. The van der Waals surface area contributed by atoms with Crippen LogP contribution < -0.4 is 0 Å². The molecule has 62 valence electrons. The molecule has 0 fully saturated rings. The van der Waals surface area contributed by atoms with Gasteiger partial charge in [0, 0.05) is 0 Å². The Hall–Kier alpha value is 0.220. The van der Waals surface area contributed by atoms with Gasteiger partial charge in [0.2, 0.25) is 0 Å². The summed E-state index contributed by atoms with van der Waals surface area (Å²) in [6.45, 7) is -1.32. The molecule has 0 unspecified atom stereocenters. The molecule has 0 N–H and O–H groups in total. The summed E-state index contributed by atoms with van der Waals surface area (Å²) in [6, 6.07) is 0. The molecule has 0 aromatic rings. The summed E-state index contributed by atoms with van der Waals surface area (Å²) in [7, 11) is -0.686. The SMILES string of the molecule is FCCP(CCF)CCF. The lowest BCUT2D eigenvalue weighted by Crippen LogP contribution is -1.99. The Bertz CT molecular complexity index is 55.7. The number of alkyl halides is 3. The third-order valence-corrected chi connectivity index (χ3v) is 3.61. The monoisotopic (exact) mass is 172 g/mol. The molecule has 0 atom stereocenters. The van der Waals surface area contributed by atoms with Crippen LogP contribution in [-0.4, -0.2) is 38.5 Å². The molecule has 0 aliphatic carbocycles. The minimum atomic E-state index is -0.686. The summed E-state index contributed by atoms with van der Waals surface area (Å²) < 4.78 is 35.0. The first-order valence-corrected chi connectivity index (χ1v) is 5.15. The van der Waals surface area contributed by atoms with E-state index < -0.39 is 27.9 Å². The Morgan fingerprint density at radius 2 is 1.00 bits per heavy atom. The van der Waals surface area contributed by atoms with Crippen molar-refractivity contribution >= 4 is 7.92 Å². The van der Waals surface area contributed by atoms with E-state index >= 15 is 0 Å². The highest BCUT2D eigenvalue weighted by atomic mass is 31.1. The highest BCUT2D eigenvalue weighted by Crippen LogP contribution is 2.34. The molecule has 0 nitrogen and oxygen atoms in total. The van der Waals surface area contributed by atoms with Gasteiger partial charge in [-0.15, -0.1) is 0 Å². The van der Waals surface area contributed by atoms with Crippen LogP contribution in [0.4, 0.5) is 13.2 Å². The smallest absolute Gasteiger partial charge is 0.0933 e. The topological polar surface area (TPSA) is 0 Å². The van der Waals surface area contributed by atoms with Crippen LogP contribution in [0.5, 0.6) is 0 Å². The van der Waals surface area contributed by atoms with Gasteiger partial charge in [0.05, 0.1) is 20.0 Å². The van der Waals surface area contributed by atoms with Gasteiger partial charge < -0.3 is 0 Å². The standard InChI is InChI=1S/C6H12F3P/c7-1-4-10(5-2-8)6-3-9/h1-6H2. The molecule has 4 heteroatoms. The van der Waals surface area contributed by atoms with E-state index in [0.29, 0.717) is 18.5 Å². The molecule has 0 aromatic carbocycles. The van der Waals surface area contributed by atoms with Crippen LogP contribution >= 0.6 is 7.92 Å². The van der Waals surface area contributed by atoms with Gasteiger partial charge in [-0.1, -0.05) is 7.92 Å². The maximum atomic E-state index is 11.7. The van der Waals surface area contributed by atoms with Crippen LogP contribution in [0.1, 0.15) is 0 Å². The summed E-state index contributed by atoms with van der Waals surface area (Å²) in [5, 5.41) is 0. The first-order valence-electron chi connectivity index (χ1n) is 3.25. The molecular weight excluding hydrogens is 160 g/mol. The molecule has 0 amide bonds. The molecule has 10 heavy (non-hydrogen) atoms. The van der Waals surface area contributed by atoms with E-state index in [-0.39, 0.29) is 0 Å². The van der Waals surface area contributed by atoms with E-state index in [4.69, 9.17) is 0 Å². The fraction of sp³-hybridized carbons (Fsp3) is 1.00. The Morgan fingerprint density at radius 3 is 1.20 bits per heavy atom. The Morgan fingerprint density at radius 1 is 0.700 bits per heavy atom. The molecular formula is C6H12F3P. The van der Waals surface area contributed by atoms with Crippen LogP contribution in [0.2, 0.25) is 0 Å². The van der Waals surface area contributed by atoms with Crippen LogP contribution in [0.3, 0.4) is 0 Å². The van der Waals surface area contributed by atoms with E-state index in [2.05, 4.69) is 0 Å². The van der Waals surface area contributed by atoms with E-state index in [1.807, 2.05) is 0 Å². The zero-order chi connectivity index (χ0) is 7.82. The number of hydrogen-bond donors (Lipinski definition) is 0. The van der Waals surface area contributed by atoms with E-state index in [1.54, 1.807) is 0 Å². The normalized spacial score (nSPS) is 10.8. The van der Waals surface area contributed by atoms with Gasteiger partial charge in [-0.25, -0.2) is 0 Å². The lowest BCUT2D eigenvalue weighted by Gasteiger charge is -2.10. The third kappa shape index (κ3) is 5.04. The highest BCUT2D eigenvalue weighted by molar-refractivity contribution is 7.57. The third-order valence-electron chi connectivity index (χ3n) is 1.20. The van der Waals surface area contributed by atoms with Gasteiger partial charge in [-0.05, 0) is 18.5 Å². The predicted octanol–water partition coefficient (Wildman–Crippen LogP) is 2.38. The second-order valence-corrected chi connectivity index (χ2v) is 4.59. The average Bonchev–Trinajstić information content (AvgIpc) is 1.90. The quantitative estimate of drug-likeness (QED) is 0.539. The van der Waals surface area contributed by atoms with Crippen molar-refractivity contribution in [3.63, 3.8) is 0 Å². The predicted molar refractivity (Wildman–Crippen MR) is 39.4 cm³/mol. The fourth-order valence-electron chi connectivity index (χ4n) is 0.694. The first kappa shape index (κ1) is 10.2. The van der Waals surface area contributed by atoms with Gasteiger partial charge in [-0.3, -0.25) is 13.2 Å². The van der Waals surface area contributed by atoms with Gasteiger partial charge in [-0.2, -0.15) is 0 Å². The molecule has 0 aromatic heterocycles. The molecule has 0 bridgehead atoms. The summed E-state index contributed by atoms with van der Waals surface area (Å²) in [5.41, 5.74) is 0. The number of rotatable bonds is 6. The van der Waals surface area contributed by atoms with Gasteiger partial charge in [0.15, 0.2) is 0 Å². The lowest BCUT2D eigenvalue weighted by atomic mass is 10.9. The Labute approximate surface area is 60.6 Å². The fourth-order valence-corrected chi connectivity index (χ4v) is 2.08. The molecule has 0 saturated heterocycles. The minimum absolute atomic E-state index is 0.364. The van der Waals surface area contributed by atoms with Crippen molar-refractivity contribution in [3.8, 4) is 0 Å². The molecule has 0 rings (SSSR count). The second kappa shape index (κ2) is 7.33. The number of halogens is 3. The van der Waals surface area contributed by atoms with Crippen molar-refractivity contribution in [2.24, 2.45) is 0 Å². The zero-order valence-corrected chi connectivity index (χ0v) is 6.72. The van der Waals surface area contributed by atoms with E-state index in [1.165, 1.54) is 0 Å². The zero-order valence-electron chi connectivity index (χ0n) is 5.82. The van der Waals surface area contributed by atoms with Gasteiger partial charge >= 0.3 is 0 Å². The lowest BCUT2D eigenvalue weighted by molar-refractivity contribution is 0.513. The molecule has 0 radical (unpaired) electrons. The van der Waals surface area contributed by atoms with Crippen molar-refractivity contribution in [1.29, 1.82) is 0 Å². The first-order chi connectivity index (χ1) is 4.85. The molecule has 0 aliphatic heterocycles. The molecule has 0 aliphatic rings. The molecule has 0 heterocycles. The van der Waals surface area contributed by atoms with Crippen LogP contribution in [0.25, 0.3) is 0 Å². The maximum Gasteiger partial charge on any atom is 0.0933 e. The van der Waals surface area contributed by atoms with Gasteiger partial charge in [0.1, 0.15) is 0 Å². The van der Waals surface area contributed by atoms with Crippen LogP contribution in [0, 0.1) is 0 Å². The minimum Gasteiger partial charge on any atom is -0.251 e. The molecule has 0 spiro atoms. The summed E-state index contributed by atoms with van der Waals surface area (Å²) >= 11 is 0. The van der Waals surface area contributed by atoms with Crippen molar-refractivity contribution in [2.45, 2.75) is 0 Å². The summed E-state index contributed by atoms with van der Waals surface area (Å²) in [4.78, 5) is 0. The van der Waals surface area contributed by atoms with Crippen molar-refractivity contribution in [1.82, 2.24) is 0 Å².